The summed E-state index contributed by atoms with van der Waals surface area (Å²) < 4.78 is 0. The molecule has 0 N–H and O–H groups in total. The van der Waals surface area contributed by atoms with Crippen LogP contribution >= 0.6 is 0 Å². The predicted molar refractivity (Wildman–Crippen MR) is 80.2 cm³/mol. The van der Waals surface area contributed by atoms with Gasteiger partial charge in [-0.1, -0.05) is 55.5 Å². The van der Waals surface area contributed by atoms with Gasteiger partial charge in [-0.2, -0.15) is 0 Å². The second-order valence-corrected chi connectivity index (χ2v) is 5.25. The summed E-state index contributed by atoms with van der Waals surface area (Å²) in [6.07, 6.45) is 8.04. The highest BCUT2D eigenvalue weighted by Gasteiger charge is 2.13. The third-order valence-corrected chi connectivity index (χ3v) is 3.79. The Morgan fingerprint density at radius 2 is 1.89 bits per heavy atom. The molecule has 1 nitrogen and oxygen atoms in total. The van der Waals surface area contributed by atoms with Gasteiger partial charge >= 0.3 is 0 Å². The molecule has 0 bridgehead atoms. The third-order valence-electron chi connectivity index (χ3n) is 3.79. The van der Waals surface area contributed by atoms with E-state index in [9.17, 15) is 0 Å². The fraction of sp³-hybridized carbons (Fsp3) is 0.278. The highest BCUT2D eigenvalue weighted by molar-refractivity contribution is 5.50. The van der Waals surface area contributed by atoms with Gasteiger partial charge in [0.2, 0.25) is 0 Å². The number of aromatic nitrogens is 1. The second-order valence-electron chi connectivity index (χ2n) is 5.25. The van der Waals surface area contributed by atoms with Crippen molar-refractivity contribution in [1.82, 2.24) is 4.98 Å². The van der Waals surface area contributed by atoms with Crippen molar-refractivity contribution in [2.45, 2.75) is 32.1 Å². The summed E-state index contributed by atoms with van der Waals surface area (Å²) >= 11 is 0. The largest absolute Gasteiger partial charge is 0.257 e. The fourth-order valence-electron chi connectivity index (χ4n) is 2.61. The van der Waals surface area contributed by atoms with Crippen LogP contribution in [0.5, 0.6) is 0 Å². The van der Waals surface area contributed by atoms with Gasteiger partial charge in [0, 0.05) is 17.3 Å². The first-order chi connectivity index (χ1) is 9.33. The topological polar surface area (TPSA) is 12.9 Å². The molecule has 1 heterocycles. The predicted octanol–water partition coefficient (Wildman–Crippen LogP) is 4.39. The summed E-state index contributed by atoms with van der Waals surface area (Å²) in [6.45, 7) is 2.21. The summed E-state index contributed by atoms with van der Waals surface area (Å²) in [7, 11) is 0. The van der Waals surface area contributed by atoms with Crippen LogP contribution in [0.15, 0.2) is 48.5 Å². The summed E-state index contributed by atoms with van der Waals surface area (Å²) in [6, 6.07) is 14.9. The summed E-state index contributed by atoms with van der Waals surface area (Å²) in [4.78, 5) is 4.81. The van der Waals surface area contributed by atoms with Gasteiger partial charge in [-0.25, -0.2) is 0 Å². The molecule has 0 saturated heterocycles. The number of hydrogen-bond acceptors (Lipinski definition) is 1. The van der Waals surface area contributed by atoms with E-state index in [1.807, 2.05) is 6.07 Å². The van der Waals surface area contributed by atoms with Gasteiger partial charge in [-0.05, 0) is 36.5 Å². The van der Waals surface area contributed by atoms with Gasteiger partial charge in [0.25, 0.3) is 0 Å². The fourth-order valence-corrected chi connectivity index (χ4v) is 2.61. The van der Waals surface area contributed by atoms with Gasteiger partial charge in [0.1, 0.15) is 0 Å². The molecule has 0 spiro atoms. The molecule has 0 amide bonds. The van der Waals surface area contributed by atoms with Crippen LogP contribution in [-0.2, 0) is 12.8 Å². The Hall–Kier alpha value is -1.89. The van der Waals surface area contributed by atoms with Crippen molar-refractivity contribution >= 4 is 6.08 Å². The van der Waals surface area contributed by atoms with E-state index in [0.717, 1.165) is 6.42 Å². The van der Waals surface area contributed by atoms with E-state index in [-0.39, 0.29) is 0 Å². The molecule has 96 valence electrons. The number of fused-ring (bicyclic) bond motifs is 1. The molecule has 0 aliphatic heterocycles. The highest BCUT2D eigenvalue weighted by atomic mass is 14.7. The average molecular weight is 249 g/mol. The SMILES string of the molecule is CC(/C=C/c1ccccc1)c1ccc2c(n1)CCC2. The molecule has 1 heteroatoms. The molecular weight excluding hydrogens is 230 g/mol. The van der Waals surface area contributed by atoms with E-state index in [4.69, 9.17) is 4.98 Å². The number of pyridine rings is 1. The molecule has 1 atom stereocenters. The molecule has 19 heavy (non-hydrogen) atoms. The second kappa shape index (κ2) is 5.40. The van der Waals surface area contributed by atoms with Crippen LogP contribution in [0.1, 0.15) is 41.8 Å². The maximum Gasteiger partial charge on any atom is 0.0473 e. The number of aryl methyl sites for hydroxylation is 2. The molecular formula is C18H19N. The molecule has 1 aromatic heterocycles. The standard InChI is InChI=1S/C18H19N/c1-14(10-11-15-6-3-2-4-7-15)17-13-12-16-8-5-9-18(16)19-17/h2-4,6-7,10-14H,5,8-9H2,1H3/b11-10+. The zero-order chi connectivity index (χ0) is 13.1. The first-order valence-corrected chi connectivity index (χ1v) is 7.05. The van der Waals surface area contributed by atoms with E-state index in [1.54, 1.807) is 0 Å². The monoisotopic (exact) mass is 249 g/mol. The van der Waals surface area contributed by atoms with Crippen molar-refractivity contribution in [3.63, 3.8) is 0 Å². The van der Waals surface area contributed by atoms with Crippen molar-refractivity contribution in [3.05, 3.63) is 71.1 Å². The zero-order valence-corrected chi connectivity index (χ0v) is 11.3. The Balaban J connectivity index is 1.77. The van der Waals surface area contributed by atoms with Crippen LogP contribution in [0.25, 0.3) is 6.08 Å². The molecule has 3 rings (SSSR count). The van der Waals surface area contributed by atoms with E-state index in [1.165, 1.54) is 35.4 Å². The van der Waals surface area contributed by atoms with Crippen molar-refractivity contribution in [2.75, 3.05) is 0 Å². The van der Waals surface area contributed by atoms with Crippen LogP contribution < -0.4 is 0 Å². The Morgan fingerprint density at radius 1 is 1.05 bits per heavy atom. The maximum atomic E-state index is 4.81. The van der Waals surface area contributed by atoms with Crippen molar-refractivity contribution in [3.8, 4) is 0 Å². The lowest BCUT2D eigenvalue weighted by atomic mass is 10.0. The minimum absolute atomic E-state index is 0.367. The Morgan fingerprint density at radius 3 is 2.74 bits per heavy atom. The summed E-state index contributed by atoms with van der Waals surface area (Å²) in [5, 5.41) is 0. The maximum absolute atomic E-state index is 4.81. The molecule has 0 radical (unpaired) electrons. The van der Waals surface area contributed by atoms with Crippen molar-refractivity contribution < 1.29 is 0 Å². The number of hydrogen-bond donors (Lipinski definition) is 0. The van der Waals surface area contributed by atoms with Crippen molar-refractivity contribution in [1.29, 1.82) is 0 Å². The first kappa shape index (κ1) is 12.2. The molecule has 2 aromatic rings. The van der Waals surface area contributed by atoms with Crippen LogP contribution in [0, 0.1) is 0 Å². The van der Waals surface area contributed by atoms with Crippen molar-refractivity contribution in [2.24, 2.45) is 0 Å². The molecule has 1 unspecified atom stereocenters. The first-order valence-electron chi connectivity index (χ1n) is 7.05. The number of rotatable bonds is 3. The van der Waals surface area contributed by atoms with Gasteiger partial charge in [-0.15, -0.1) is 0 Å². The van der Waals surface area contributed by atoms with Gasteiger partial charge in [-0.3, -0.25) is 4.98 Å². The molecule has 0 fully saturated rings. The van der Waals surface area contributed by atoms with Gasteiger partial charge in [0.15, 0.2) is 0 Å². The average Bonchev–Trinajstić information content (AvgIpc) is 2.93. The third kappa shape index (κ3) is 2.76. The molecule has 1 aromatic carbocycles. The Kier molecular flexibility index (Phi) is 3.45. The quantitative estimate of drug-likeness (QED) is 0.786. The van der Waals surface area contributed by atoms with E-state index in [2.05, 4.69) is 55.5 Å². The highest BCUT2D eigenvalue weighted by Crippen LogP contribution is 2.23. The minimum Gasteiger partial charge on any atom is -0.257 e. The lowest BCUT2D eigenvalue weighted by Gasteiger charge is -2.08. The van der Waals surface area contributed by atoms with E-state index < -0.39 is 0 Å². The van der Waals surface area contributed by atoms with E-state index >= 15 is 0 Å². The number of benzene rings is 1. The number of allylic oxidation sites excluding steroid dienone is 1. The normalized spacial score (nSPS) is 15.6. The Bertz CT molecular complexity index is 584. The molecule has 0 saturated carbocycles. The van der Waals surface area contributed by atoms with Crippen LogP contribution in [-0.4, -0.2) is 4.98 Å². The van der Waals surface area contributed by atoms with Crippen LogP contribution in [0.4, 0.5) is 0 Å². The Labute approximate surface area is 115 Å². The molecule has 1 aliphatic rings. The lowest BCUT2D eigenvalue weighted by molar-refractivity contribution is 0.866. The number of nitrogens with zero attached hydrogens (tertiary/aromatic N) is 1. The summed E-state index contributed by atoms with van der Waals surface area (Å²) in [5.41, 5.74) is 5.20. The van der Waals surface area contributed by atoms with Gasteiger partial charge in [0.05, 0.1) is 0 Å². The smallest absolute Gasteiger partial charge is 0.0473 e. The van der Waals surface area contributed by atoms with Crippen LogP contribution in [0.3, 0.4) is 0 Å². The molecule has 1 aliphatic carbocycles. The van der Waals surface area contributed by atoms with E-state index in [0.29, 0.717) is 5.92 Å². The lowest BCUT2D eigenvalue weighted by Crippen LogP contribution is -1.97. The minimum atomic E-state index is 0.367. The summed E-state index contributed by atoms with van der Waals surface area (Å²) in [5.74, 6) is 0.367. The van der Waals surface area contributed by atoms with Crippen LogP contribution in [0.2, 0.25) is 0 Å². The van der Waals surface area contributed by atoms with Gasteiger partial charge < -0.3 is 0 Å². The zero-order valence-electron chi connectivity index (χ0n) is 11.3.